The minimum atomic E-state index is -1.07. The van der Waals surface area contributed by atoms with Gasteiger partial charge in [-0.1, -0.05) is 30.3 Å². The fourth-order valence-electron chi connectivity index (χ4n) is 1.03. The van der Waals surface area contributed by atoms with E-state index < -0.39 is 5.97 Å². The normalized spacial score (nSPS) is 12.6. The monoisotopic (exact) mass is 221 g/mol. The van der Waals surface area contributed by atoms with Gasteiger partial charge in [-0.25, -0.2) is 4.79 Å². The molecule has 0 aliphatic rings. The number of rotatable bonds is 3. The number of allylic oxidation sites excluding steroid dienone is 1. The summed E-state index contributed by atoms with van der Waals surface area (Å²) in [4.78, 5) is 10.9. The van der Waals surface area contributed by atoms with E-state index in [1.54, 1.807) is 0 Å². The van der Waals surface area contributed by atoms with Crippen molar-refractivity contribution in [3.05, 3.63) is 53.7 Å². The zero-order valence-corrected chi connectivity index (χ0v) is 8.82. The van der Waals surface area contributed by atoms with Crippen molar-refractivity contribution in [3.63, 3.8) is 0 Å². The fraction of sp³-hybridized carbons (Fsp3) is 0. The Bertz CT molecular complexity index is 410. The van der Waals surface area contributed by atoms with Gasteiger partial charge >= 0.3 is 5.97 Å². The molecule has 1 rings (SSSR count). The highest BCUT2D eigenvalue weighted by molar-refractivity contribution is 7.90. The summed E-state index contributed by atoms with van der Waals surface area (Å²) in [5, 5.41) is 8.46. The predicted molar refractivity (Wildman–Crippen MR) is 63.3 cm³/mol. The van der Waals surface area contributed by atoms with Crippen LogP contribution in [0.1, 0.15) is 5.56 Å². The molecule has 0 saturated carbocycles. The van der Waals surface area contributed by atoms with Crippen molar-refractivity contribution in [2.45, 2.75) is 0 Å². The lowest BCUT2D eigenvalue weighted by molar-refractivity contribution is -0.131. The topological polar surface area (TPSA) is 63.3 Å². The van der Waals surface area contributed by atoms with Crippen LogP contribution in [0.3, 0.4) is 0 Å². The molecule has 0 heterocycles. The van der Waals surface area contributed by atoms with Crippen LogP contribution in [0.5, 0.6) is 0 Å². The SMILES string of the molecule is NC(=C\C(=O)O)/C=C(\S)c1ccccc1. The Hall–Kier alpha value is -1.68. The first-order chi connectivity index (χ1) is 7.09. The van der Waals surface area contributed by atoms with Crippen LogP contribution in [0.4, 0.5) is 0 Å². The van der Waals surface area contributed by atoms with Crippen LogP contribution in [-0.2, 0) is 4.79 Å². The van der Waals surface area contributed by atoms with Gasteiger partial charge in [0.1, 0.15) is 0 Å². The maximum absolute atomic E-state index is 10.3. The Morgan fingerprint density at radius 2 is 1.87 bits per heavy atom. The standard InChI is InChI=1S/C11H11NO2S/c12-9(7-11(13)14)6-10(15)8-4-2-1-3-5-8/h1-7,15H,12H2,(H,13,14)/b9-7-,10-6-. The van der Waals surface area contributed by atoms with Crippen LogP contribution >= 0.6 is 12.6 Å². The number of carboxylic acid groups (broad SMARTS) is 1. The van der Waals surface area contributed by atoms with Crippen LogP contribution in [0, 0.1) is 0 Å². The fourth-order valence-corrected chi connectivity index (χ4v) is 1.33. The highest BCUT2D eigenvalue weighted by Crippen LogP contribution is 2.18. The Morgan fingerprint density at radius 1 is 1.27 bits per heavy atom. The molecular formula is C11H11NO2S. The van der Waals surface area contributed by atoms with Gasteiger partial charge in [0, 0.05) is 16.7 Å². The number of aliphatic carboxylic acids is 1. The Balaban J connectivity index is 2.90. The molecule has 0 bridgehead atoms. The number of nitrogens with two attached hydrogens (primary N) is 1. The summed E-state index contributed by atoms with van der Waals surface area (Å²) in [6.45, 7) is 0. The van der Waals surface area contributed by atoms with Crippen molar-refractivity contribution < 1.29 is 9.90 Å². The second-order valence-corrected chi connectivity index (χ2v) is 3.36. The molecule has 0 aromatic heterocycles. The largest absolute Gasteiger partial charge is 0.478 e. The van der Waals surface area contributed by atoms with Crippen LogP contribution in [0.15, 0.2) is 48.2 Å². The van der Waals surface area contributed by atoms with Crippen LogP contribution in [-0.4, -0.2) is 11.1 Å². The van der Waals surface area contributed by atoms with Crippen molar-refractivity contribution >= 4 is 23.5 Å². The molecule has 0 fully saturated rings. The first-order valence-corrected chi connectivity index (χ1v) is 4.70. The minimum Gasteiger partial charge on any atom is -0.478 e. The van der Waals surface area contributed by atoms with Gasteiger partial charge in [-0.2, -0.15) is 0 Å². The number of hydrogen-bond acceptors (Lipinski definition) is 3. The average Bonchev–Trinajstić information content (AvgIpc) is 2.17. The number of carbonyl (C=O) groups is 1. The zero-order chi connectivity index (χ0) is 11.3. The molecule has 0 aliphatic heterocycles. The molecule has 0 unspecified atom stereocenters. The van der Waals surface area contributed by atoms with Crippen LogP contribution in [0.25, 0.3) is 4.91 Å². The van der Waals surface area contributed by atoms with E-state index in [9.17, 15) is 4.79 Å². The van der Waals surface area contributed by atoms with Gasteiger partial charge in [-0.3, -0.25) is 0 Å². The summed E-state index contributed by atoms with van der Waals surface area (Å²) in [6.07, 6.45) is 2.44. The van der Waals surface area contributed by atoms with Crippen molar-refractivity contribution in [1.82, 2.24) is 0 Å². The molecule has 1 aromatic rings. The van der Waals surface area contributed by atoms with E-state index in [1.807, 2.05) is 30.3 Å². The third-order valence-corrected chi connectivity index (χ3v) is 2.05. The second-order valence-electron chi connectivity index (χ2n) is 2.88. The van der Waals surface area contributed by atoms with Gasteiger partial charge in [0.2, 0.25) is 0 Å². The van der Waals surface area contributed by atoms with Crippen molar-refractivity contribution in [3.8, 4) is 0 Å². The van der Waals surface area contributed by atoms with Crippen LogP contribution < -0.4 is 5.73 Å². The van der Waals surface area contributed by atoms with E-state index in [0.29, 0.717) is 4.91 Å². The van der Waals surface area contributed by atoms with Gasteiger partial charge in [-0.15, -0.1) is 12.6 Å². The van der Waals surface area contributed by atoms with E-state index in [0.717, 1.165) is 11.6 Å². The second kappa shape index (κ2) is 5.26. The Labute approximate surface area is 93.3 Å². The number of benzene rings is 1. The molecule has 0 aliphatic carbocycles. The summed E-state index contributed by atoms with van der Waals surface area (Å²) >= 11 is 4.23. The van der Waals surface area contributed by atoms with Crippen molar-refractivity contribution in [1.29, 1.82) is 0 Å². The molecule has 4 heteroatoms. The molecular weight excluding hydrogens is 210 g/mol. The zero-order valence-electron chi connectivity index (χ0n) is 7.92. The first kappa shape index (κ1) is 11.4. The van der Waals surface area contributed by atoms with Gasteiger partial charge in [-0.05, 0) is 11.6 Å². The summed E-state index contributed by atoms with van der Waals surface area (Å²) in [7, 11) is 0. The molecule has 0 amide bonds. The molecule has 78 valence electrons. The summed E-state index contributed by atoms with van der Waals surface area (Å²) in [5.41, 5.74) is 6.52. The van der Waals surface area contributed by atoms with Crippen molar-refractivity contribution in [2.24, 2.45) is 5.73 Å². The third kappa shape index (κ3) is 3.91. The van der Waals surface area contributed by atoms with Gasteiger partial charge in [0.25, 0.3) is 0 Å². The van der Waals surface area contributed by atoms with Crippen LogP contribution in [0.2, 0.25) is 0 Å². The highest BCUT2D eigenvalue weighted by Gasteiger charge is 1.97. The Morgan fingerprint density at radius 3 is 2.40 bits per heavy atom. The number of thiol groups is 1. The molecule has 3 nitrogen and oxygen atoms in total. The molecule has 0 atom stereocenters. The molecule has 1 aromatic carbocycles. The molecule has 3 N–H and O–H groups in total. The van der Waals surface area contributed by atoms with E-state index >= 15 is 0 Å². The van der Waals surface area contributed by atoms with E-state index in [1.165, 1.54) is 6.08 Å². The van der Waals surface area contributed by atoms with Gasteiger partial charge < -0.3 is 10.8 Å². The van der Waals surface area contributed by atoms with E-state index in [2.05, 4.69) is 12.6 Å². The molecule has 0 spiro atoms. The number of carboxylic acids is 1. The van der Waals surface area contributed by atoms with Crippen molar-refractivity contribution in [2.75, 3.05) is 0 Å². The summed E-state index contributed by atoms with van der Waals surface area (Å²) in [6, 6.07) is 9.37. The molecule has 0 saturated heterocycles. The predicted octanol–water partition coefficient (Wildman–Crippen LogP) is 1.88. The minimum absolute atomic E-state index is 0.163. The lowest BCUT2D eigenvalue weighted by Crippen LogP contribution is -1.99. The maximum Gasteiger partial charge on any atom is 0.330 e. The summed E-state index contributed by atoms with van der Waals surface area (Å²) in [5.74, 6) is -1.07. The smallest absolute Gasteiger partial charge is 0.330 e. The average molecular weight is 221 g/mol. The molecule has 0 radical (unpaired) electrons. The lowest BCUT2D eigenvalue weighted by atomic mass is 10.2. The quantitative estimate of drug-likeness (QED) is 0.415. The van der Waals surface area contributed by atoms with Gasteiger partial charge in [0.05, 0.1) is 0 Å². The lowest BCUT2D eigenvalue weighted by Gasteiger charge is -1.99. The maximum atomic E-state index is 10.3. The Kier molecular flexibility index (Phi) is 4.00. The van der Waals surface area contributed by atoms with E-state index in [4.69, 9.17) is 10.8 Å². The first-order valence-electron chi connectivity index (χ1n) is 4.26. The number of hydrogen-bond donors (Lipinski definition) is 3. The molecule has 15 heavy (non-hydrogen) atoms. The third-order valence-electron chi connectivity index (χ3n) is 1.66. The van der Waals surface area contributed by atoms with E-state index in [-0.39, 0.29) is 5.70 Å². The highest BCUT2D eigenvalue weighted by atomic mass is 32.1. The summed E-state index contributed by atoms with van der Waals surface area (Å²) < 4.78 is 0. The van der Waals surface area contributed by atoms with Gasteiger partial charge in [0.15, 0.2) is 0 Å².